The van der Waals surface area contributed by atoms with Crippen LogP contribution in [0.25, 0.3) is 10.2 Å². The van der Waals surface area contributed by atoms with Crippen LogP contribution in [0.2, 0.25) is 0 Å². The molecule has 22 heavy (non-hydrogen) atoms. The van der Waals surface area contributed by atoms with E-state index in [1.165, 1.54) is 11.3 Å². The lowest BCUT2D eigenvalue weighted by Crippen LogP contribution is -2.54. The number of methoxy groups -OCH3 is 1. The Morgan fingerprint density at radius 2 is 2.18 bits per heavy atom. The Bertz CT molecular complexity index is 670. The second-order valence-corrected chi connectivity index (χ2v) is 6.08. The number of rotatable bonds is 3. The summed E-state index contributed by atoms with van der Waals surface area (Å²) in [6.07, 6.45) is 1.04. The van der Waals surface area contributed by atoms with Gasteiger partial charge in [0.05, 0.1) is 11.8 Å². The summed E-state index contributed by atoms with van der Waals surface area (Å²) in [4.78, 5) is 16.8. The van der Waals surface area contributed by atoms with Crippen molar-refractivity contribution in [3.63, 3.8) is 0 Å². The lowest BCUT2D eigenvalue weighted by Gasteiger charge is -2.31. The predicted octanol–water partition coefficient (Wildman–Crippen LogP) is 2.17. The number of nitrogens with one attached hydrogen (secondary N) is 1. The third kappa shape index (κ3) is 3.17. The molecule has 1 aliphatic rings. The first-order chi connectivity index (χ1) is 10.1. The van der Waals surface area contributed by atoms with Crippen molar-refractivity contribution in [1.82, 2.24) is 4.98 Å². The predicted molar refractivity (Wildman–Crippen MR) is 89.0 cm³/mol. The highest BCUT2D eigenvalue weighted by Gasteiger charge is 2.36. The van der Waals surface area contributed by atoms with Crippen LogP contribution in [0, 0.1) is 0 Å². The Hall–Kier alpha value is -1.41. The van der Waals surface area contributed by atoms with Gasteiger partial charge in [0.2, 0.25) is 5.91 Å². The highest BCUT2D eigenvalue weighted by atomic mass is 35.5. The van der Waals surface area contributed by atoms with Crippen LogP contribution in [-0.4, -0.2) is 36.8 Å². The lowest BCUT2D eigenvalue weighted by atomic mass is 9.90. The molecule has 120 valence electrons. The number of aromatic nitrogens is 1. The molecular formula is C14H18ClN3O3S. The van der Waals surface area contributed by atoms with Gasteiger partial charge in [0.1, 0.15) is 16.8 Å². The minimum absolute atomic E-state index is 0. The number of hydrogen-bond donors (Lipinski definition) is 2. The van der Waals surface area contributed by atoms with Gasteiger partial charge in [-0.3, -0.25) is 4.79 Å². The summed E-state index contributed by atoms with van der Waals surface area (Å²) >= 11 is 1.41. The van der Waals surface area contributed by atoms with Gasteiger partial charge in [0.25, 0.3) is 0 Å². The number of fused-ring (bicyclic) bond motifs is 1. The molecule has 1 fully saturated rings. The molecule has 0 aliphatic carbocycles. The number of nitrogens with zero attached hydrogens (tertiary/aromatic N) is 1. The number of para-hydroxylation sites is 1. The van der Waals surface area contributed by atoms with Crippen molar-refractivity contribution in [2.24, 2.45) is 5.73 Å². The van der Waals surface area contributed by atoms with Crippen LogP contribution in [0.3, 0.4) is 0 Å². The molecule has 8 heteroatoms. The molecule has 1 aromatic heterocycles. The molecule has 0 radical (unpaired) electrons. The summed E-state index contributed by atoms with van der Waals surface area (Å²) in [6, 6.07) is 5.68. The first kappa shape index (κ1) is 17.0. The summed E-state index contributed by atoms with van der Waals surface area (Å²) in [6.45, 7) is 1.02. The number of thiazole rings is 1. The van der Waals surface area contributed by atoms with Crippen molar-refractivity contribution in [3.05, 3.63) is 18.2 Å². The number of anilines is 1. The fourth-order valence-electron chi connectivity index (χ4n) is 2.33. The molecule has 1 amide bonds. The molecule has 3 N–H and O–H groups in total. The molecule has 0 spiro atoms. The van der Waals surface area contributed by atoms with E-state index in [9.17, 15) is 4.79 Å². The van der Waals surface area contributed by atoms with Crippen LogP contribution in [-0.2, 0) is 9.53 Å². The second kappa shape index (κ2) is 6.78. The van der Waals surface area contributed by atoms with E-state index in [4.69, 9.17) is 15.2 Å². The van der Waals surface area contributed by atoms with Gasteiger partial charge >= 0.3 is 0 Å². The smallest absolute Gasteiger partial charge is 0.246 e. The van der Waals surface area contributed by atoms with Crippen LogP contribution in [0.5, 0.6) is 5.75 Å². The highest BCUT2D eigenvalue weighted by Crippen LogP contribution is 2.32. The van der Waals surface area contributed by atoms with E-state index in [0.29, 0.717) is 36.9 Å². The van der Waals surface area contributed by atoms with Crippen molar-refractivity contribution in [1.29, 1.82) is 0 Å². The van der Waals surface area contributed by atoms with Crippen molar-refractivity contribution in [2.75, 3.05) is 25.6 Å². The van der Waals surface area contributed by atoms with E-state index in [1.54, 1.807) is 7.11 Å². The van der Waals surface area contributed by atoms with E-state index < -0.39 is 5.54 Å². The molecule has 6 nitrogen and oxygen atoms in total. The third-order valence-electron chi connectivity index (χ3n) is 3.66. The van der Waals surface area contributed by atoms with Gasteiger partial charge in [-0.1, -0.05) is 17.4 Å². The van der Waals surface area contributed by atoms with Crippen LogP contribution >= 0.6 is 23.7 Å². The Kier molecular flexibility index (Phi) is 5.23. The average molecular weight is 344 g/mol. The van der Waals surface area contributed by atoms with Crippen LogP contribution < -0.4 is 15.8 Å². The fourth-order valence-corrected chi connectivity index (χ4v) is 3.20. The number of hydrogen-bond acceptors (Lipinski definition) is 6. The maximum absolute atomic E-state index is 12.4. The Morgan fingerprint density at radius 3 is 2.86 bits per heavy atom. The Balaban J connectivity index is 0.00000176. The molecular weight excluding hydrogens is 326 g/mol. The van der Waals surface area contributed by atoms with E-state index in [0.717, 1.165) is 10.2 Å². The van der Waals surface area contributed by atoms with E-state index >= 15 is 0 Å². The molecule has 2 heterocycles. The zero-order valence-corrected chi connectivity index (χ0v) is 13.8. The zero-order valence-electron chi connectivity index (χ0n) is 12.1. The number of carbonyl (C=O) groups excluding carboxylic acids is 1. The SMILES string of the molecule is COc1cccc2sc(NC(=O)C3(N)CCOCC3)nc12.Cl. The average Bonchev–Trinajstić information content (AvgIpc) is 2.90. The fraction of sp³-hybridized carbons (Fsp3) is 0.429. The van der Waals surface area contributed by atoms with Gasteiger partial charge in [-0.25, -0.2) is 4.98 Å². The molecule has 0 unspecified atom stereocenters. The molecule has 0 saturated carbocycles. The normalized spacial score (nSPS) is 16.8. The highest BCUT2D eigenvalue weighted by molar-refractivity contribution is 7.22. The summed E-state index contributed by atoms with van der Waals surface area (Å²) in [5.41, 5.74) is 6.03. The van der Waals surface area contributed by atoms with Gasteiger partial charge < -0.3 is 20.5 Å². The van der Waals surface area contributed by atoms with Crippen LogP contribution in [0.15, 0.2) is 18.2 Å². The number of ether oxygens (including phenoxy) is 2. The van der Waals surface area contributed by atoms with E-state index in [2.05, 4.69) is 10.3 Å². The summed E-state index contributed by atoms with van der Waals surface area (Å²) in [5.74, 6) is 0.488. The molecule has 1 saturated heterocycles. The standard InChI is InChI=1S/C14H17N3O3S.ClH/c1-19-9-3-2-4-10-11(9)16-13(21-10)17-12(18)14(15)5-7-20-8-6-14;/h2-4H,5-8,15H2,1H3,(H,16,17,18);1H. The quantitative estimate of drug-likeness (QED) is 0.892. The topological polar surface area (TPSA) is 86.5 Å². The van der Waals surface area contributed by atoms with Gasteiger partial charge in [-0.2, -0.15) is 0 Å². The van der Waals surface area contributed by atoms with Gasteiger partial charge in [0.15, 0.2) is 5.13 Å². The summed E-state index contributed by atoms with van der Waals surface area (Å²) in [5, 5.41) is 3.36. The van der Waals surface area contributed by atoms with Crippen LogP contribution in [0.4, 0.5) is 5.13 Å². The maximum atomic E-state index is 12.4. The molecule has 2 aromatic rings. The first-order valence-electron chi connectivity index (χ1n) is 6.74. The summed E-state index contributed by atoms with van der Waals surface area (Å²) < 4.78 is 11.5. The number of nitrogens with two attached hydrogens (primary N) is 1. The minimum Gasteiger partial charge on any atom is -0.494 e. The molecule has 3 rings (SSSR count). The minimum atomic E-state index is -0.875. The molecule has 1 aromatic carbocycles. The number of carbonyl (C=O) groups is 1. The van der Waals surface area contributed by atoms with E-state index in [1.807, 2.05) is 18.2 Å². The third-order valence-corrected chi connectivity index (χ3v) is 4.60. The largest absolute Gasteiger partial charge is 0.494 e. The molecule has 1 aliphatic heterocycles. The number of amides is 1. The maximum Gasteiger partial charge on any atom is 0.246 e. The zero-order chi connectivity index (χ0) is 14.9. The monoisotopic (exact) mass is 343 g/mol. The Labute approximate surface area is 138 Å². The second-order valence-electron chi connectivity index (χ2n) is 5.05. The Morgan fingerprint density at radius 1 is 1.45 bits per heavy atom. The van der Waals surface area contributed by atoms with E-state index in [-0.39, 0.29) is 18.3 Å². The number of benzene rings is 1. The van der Waals surface area contributed by atoms with Crippen molar-refractivity contribution in [2.45, 2.75) is 18.4 Å². The van der Waals surface area contributed by atoms with Crippen LogP contribution in [0.1, 0.15) is 12.8 Å². The number of halogens is 1. The first-order valence-corrected chi connectivity index (χ1v) is 7.56. The van der Waals surface area contributed by atoms with Gasteiger partial charge in [-0.15, -0.1) is 12.4 Å². The van der Waals surface area contributed by atoms with Crippen molar-refractivity contribution in [3.8, 4) is 5.75 Å². The summed E-state index contributed by atoms with van der Waals surface area (Å²) in [7, 11) is 1.60. The van der Waals surface area contributed by atoms with Crippen molar-refractivity contribution < 1.29 is 14.3 Å². The molecule has 0 atom stereocenters. The van der Waals surface area contributed by atoms with Gasteiger partial charge in [0, 0.05) is 13.2 Å². The lowest BCUT2D eigenvalue weighted by molar-refractivity contribution is -0.124. The molecule has 0 bridgehead atoms. The van der Waals surface area contributed by atoms with Crippen molar-refractivity contribution >= 4 is 45.0 Å². The van der Waals surface area contributed by atoms with Gasteiger partial charge in [-0.05, 0) is 25.0 Å².